The van der Waals surface area contributed by atoms with Gasteiger partial charge in [-0.2, -0.15) is 0 Å². The fourth-order valence-electron chi connectivity index (χ4n) is 7.44. The first-order chi connectivity index (χ1) is 27.0. The van der Waals surface area contributed by atoms with Crippen LogP contribution in [0.4, 0.5) is 4.79 Å². The molecule has 1 N–H and O–H groups in total. The summed E-state index contributed by atoms with van der Waals surface area (Å²) in [6, 6.07) is 17.7. The Kier molecular flexibility index (Phi) is 12.5. The maximum Gasteiger partial charge on any atom is 0.408 e. The molecule has 0 saturated carbocycles. The highest BCUT2D eigenvalue weighted by atomic mass is 32.2. The first-order valence-electron chi connectivity index (χ1n) is 19.5. The standard InChI is InChI=1S/C43H52N4O9S/c1-42(2,3)55-33(49)18-17-32(48)45-22-20-31(21-23-45)46-24-19-29(37(46)50)25-30-26-57-39-34(44-41(53)56-43(4,5)6)38(51)47(39)35(30)40(52)54-36(27-13-9-7-10-14-27)28-15-11-8-12-16-28/h7-16,25,31,34,36,39H,17-24,26H2,1-6H3,(H,44,53)/t34-,39-/m1/s1. The van der Waals surface area contributed by atoms with Crippen molar-refractivity contribution in [1.29, 1.82) is 0 Å². The van der Waals surface area contributed by atoms with Crippen LogP contribution in [-0.2, 0) is 38.2 Å². The Morgan fingerprint density at radius 1 is 0.842 bits per heavy atom. The third-order valence-corrected chi connectivity index (χ3v) is 11.3. The minimum atomic E-state index is -0.917. The third-order valence-electron chi connectivity index (χ3n) is 10.0. The number of ether oxygens (including phenoxy) is 3. The van der Waals surface area contributed by atoms with Gasteiger partial charge in [-0.3, -0.25) is 24.1 Å². The normalized spacial score (nSPS) is 21.0. The Balaban J connectivity index is 1.20. The molecule has 304 valence electrons. The van der Waals surface area contributed by atoms with Crippen LogP contribution in [0.2, 0.25) is 0 Å². The second-order valence-corrected chi connectivity index (χ2v) is 17.7. The van der Waals surface area contributed by atoms with E-state index in [0.29, 0.717) is 50.0 Å². The van der Waals surface area contributed by atoms with E-state index in [1.807, 2.05) is 65.6 Å². The number of thioether (sulfide) groups is 1. The molecule has 0 radical (unpaired) electrons. The van der Waals surface area contributed by atoms with Crippen LogP contribution in [0.15, 0.2) is 83.6 Å². The molecular formula is C43H52N4O9S. The average molecular weight is 801 g/mol. The lowest BCUT2D eigenvalue weighted by Crippen LogP contribution is -2.70. The van der Waals surface area contributed by atoms with Gasteiger partial charge in [-0.15, -0.1) is 11.8 Å². The highest BCUT2D eigenvalue weighted by molar-refractivity contribution is 8.00. The number of esters is 2. The Labute approximate surface area is 338 Å². The molecule has 4 amide bonds. The monoisotopic (exact) mass is 800 g/mol. The van der Waals surface area contributed by atoms with Crippen LogP contribution in [0.3, 0.4) is 0 Å². The van der Waals surface area contributed by atoms with Crippen molar-refractivity contribution in [2.45, 2.75) is 108 Å². The maximum absolute atomic E-state index is 14.4. The fourth-order valence-corrected chi connectivity index (χ4v) is 8.74. The first kappa shape index (κ1) is 41.5. The van der Waals surface area contributed by atoms with Gasteiger partial charge in [-0.25, -0.2) is 9.59 Å². The molecule has 2 aromatic carbocycles. The van der Waals surface area contributed by atoms with Crippen LogP contribution in [0, 0.1) is 0 Å². The van der Waals surface area contributed by atoms with Crippen molar-refractivity contribution in [3.05, 3.63) is 94.7 Å². The Hall–Kier alpha value is -5.11. The Morgan fingerprint density at radius 2 is 1.44 bits per heavy atom. The van der Waals surface area contributed by atoms with E-state index in [2.05, 4.69) is 5.32 Å². The molecule has 4 aliphatic heterocycles. The summed E-state index contributed by atoms with van der Waals surface area (Å²) >= 11 is 1.38. The van der Waals surface area contributed by atoms with E-state index in [1.54, 1.807) is 52.5 Å². The van der Waals surface area contributed by atoms with Crippen LogP contribution in [0.5, 0.6) is 0 Å². The lowest BCUT2D eigenvalue weighted by Gasteiger charge is -2.49. The van der Waals surface area contributed by atoms with Gasteiger partial charge < -0.3 is 29.3 Å². The summed E-state index contributed by atoms with van der Waals surface area (Å²) in [6.07, 6.45) is 1.95. The number of piperidine rings is 1. The van der Waals surface area contributed by atoms with E-state index in [-0.39, 0.29) is 42.1 Å². The average Bonchev–Trinajstić information content (AvgIpc) is 3.53. The van der Waals surface area contributed by atoms with Crippen LogP contribution in [0.1, 0.15) is 90.9 Å². The summed E-state index contributed by atoms with van der Waals surface area (Å²) < 4.78 is 17.0. The number of amides is 4. The lowest BCUT2D eigenvalue weighted by atomic mass is 10.00. The molecule has 0 aromatic heterocycles. The largest absolute Gasteiger partial charge is 0.460 e. The van der Waals surface area contributed by atoms with Gasteiger partial charge in [0.25, 0.3) is 5.91 Å². The molecule has 2 aromatic rings. The van der Waals surface area contributed by atoms with Gasteiger partial charge in [0.15, 0.2) is 6.10 Å². The van der Waals surface area contributed by atoms with Crippen LogP contribution in [-0.4, -0.2) is 104 Å². The number of carbonyl (C=O) groups excluding carboxylic acids is 6. The van der Waals surface area contributed by atoms with Gasteiger partial charge in [0.05, 0.1) is 6.42 Å². The predicted octanol–water partition coefficient (Wildman–Crippen LogP) is 5.65. The molecule has 0 aliphatic carbocycles. The number of nitrogens with one attached hydrogen (secondary N) is 1. The zero-order chi connectivity index (χ0) is 41.1. The molecular weight excluding hydrogens is 749 g/mol. The molecule has 6 rings (SSSR count). The van der Waals surface area contributed by atoms with E-state index in [4.69, 9.17) is 14.2 Å². The molecule has 2 atom stereocenters. The van der Waals surface area contributed by atoms with Crippen molar-refractivity contribution >= 4 is 47.5 Å². The number of allylic oxidation sites excluding steroid dienone is 1. The first-order valence-corrected chi connectivity index (χ1v) is 20.5. The van der Waals surface area contributed by atoms with Gasteiger partial charge in [0.2, 0.25) is 11.8 Å². The van der Waals surface area contributed by atoms with E-state index in [0.717, 1.165) is 11.1 Å². The van der Waals surface area contributed by atoms with Crippen molar-refractivity contribution < 1.29 is 43.0 Å². The molecule has 4 heterocycles. The van der Waals surface area contributed by atoms with Gasteiger partial charge in [0.1, 0.15) is 28.3 Å². The lowest BCUT2D eigenvalue weighted by molar-refractivity contribution is -0.156. The Bertz CT molecular complexity index is 1890. The number of β-lactam (4-membered cyclic amide) rings is 1. The molecule has 14 heteroatoms. The summed E-state index contributed by atoms with van der Waals surface area (Å²) in [4.78, 5) is 84.9. The number of hydrogen-bond acceptors (Lipinski definition) is 10. The summed E-state index contributed by atoms with van der Waals surface area (Å²) in [5.74, 6) is -1.59. The molecule has 0 spiro atoms. The van der Waals surface area contributed by atoms with Gasteiger partial charge in [0, 0.05) is 43.4 Å². The highest BCUT2D eigenvalue weighted by Crippen LogP contribution is 2.43. The number of rotatable bonds is 10. The second kappa shape index (κ2) is 17.2. The summed E-state index contributed by atoms with van der Waals surface area (Å²) in [5, 5.41) is 2.08. The molecule has 0 bridgehead atoms. The van der Waals surface area contributed by atoms with Gasteiger partial charge >= 0.3 is 18.0 Å². The van der Waals surface area contributed by atoms with Crippen molar-refractivity contribution in [3.63, 3.8) is 0 Å². The minimum Gasteiger partial charge on any atom is -0.460 e. The Morgan fingerprint density at radius 3 is 2.02 bits per heavy atom. The number of carbonyl (C=O) groups is 6. The number of alkyl carbamates (subject to hydrolysis) is 1. The summed E-state index contributed by atoms with van der Waals surface area (Å²) in [7, 11) is 0. The quantitative estimate of drug-likeness (QED) is 0.138. The highest BCUT2D eigenvalue weighted by Gasteiger charge is 2.55. The number of likely N-dealkylation sites (tertiary alicyclic amines) is 2. The maximum atomic E-state index is 14.4. The van der Waals surface area contributed by atoms with Crippen LogP contribution >= 0.6 is 11.8 Å². The second-order valence-electron chi connectivity index (χ2n) is 16.6. The topological polar surface area (TPSA) is 152 Å². The number of fused-ring (bicyclic) bond motifs is 1. The van der Waals surface area contributed by atoms with Gasteiger partial charge in [-0.1, -0.05) is 60.7 Å². The SMILES string of the molecule is CC(C)(C)OC(=O)CCC(=O)N1CCC(N2CCC(=CC3=C(C(=O)OC(c4ccccc4)c4ccccc4)N4C(=O)[C@@H](NC(=O)OC(C)(C)C)[C@H]4SC3)C2=O)CC1. The third kappa shape index (κ3) is 10.1. The van der Waals surface area contributed by atoms with Crippen molar-refractivity contribution in [1.82, 2.24) is 20.0 Å². The zero-order valence-electron chi connectivity index (χ0n) is 33.4. The van der Waals surface area contributed by atoms with E-state index >= 15 is 0 Å². The molecule has 0 unspecified atom stereocenters. The van der Waals surface area contributed by atoms with Crippen molar-refractivity contribution in [3.8, 4) is 0 Å². The molecule has 3 saturated heterocycles. The van der Waals surface area contributed by atoms with Crippen LogP contribution in [0.25, 0.3) is 0 Å². The van der Waals surface area contributed by atoms with E-state index in [9.17, 15) is 28.8 Å². The molecule has 57 heavy (non-hydrogen) atoms. The molecule has 4 aliphatic rings. The zero-order valence-corrected chi connectivity index (χ0v) is 34.3. The fraction of sp³-hybridized carbons (Fsp3) is 0.488. The van der Waals surface area contributed by atoms with E-state index < -0.39 is 52.7 Å². The number of hydrogen-bond donors (Lipinski definition) is 1. The minimum absolute atomic E-state index is 0.0162. The van der Waals surface area contributed by atoms with Crippen LogP contribution < -0.4 is 5.32 Å². The number of nitrogens with zero attached hydrogens (tertiary/aromatic N) is 3. The number of benzene rings is 2. The molecule has 3 fully saturated rings. The van der Waals surface area contributed by atoms with Gasteiger partial charge in [-0.05, 0) is 83.6 Å². The van der Waals surface area contributed by atoms with E-state index in [1.165, 1.54) is 16.7 Å². The van der Waals surface area contributed by atoms with Crippen molar-refractivity contribution in [2.75, 3.05) is 25.4 Å². The smallest absolute Gasteiger partial charge is 0.408 e. The molecule has 13 nitrogen and oxygen atoms in total. The summed E-state index contributed by atoms with van der Waals surface area (Å²) in [6.45, 7) is 12.0. The summed E-state index contributed by atoms with van der Waals surface area (Å²) in [5.41, 5.74) is 1.16. The predicted molar refractivity (Wildman–Crippen MR) is 213 cm³/mol. The van der Waals surface area contributed by atoms with Crippen molar-refractivity contribution in [2.24, 2.45) is 0 Å².